The molecule has 1 amide bonds. The highest BCUT2D eigenvalue weighted by Gasteiger charge is 2.27. The van der Waals surface area contributed by atoms with Gasteiger partial charge < -0.3 is 10.0 Å². The first kappa shape index (κ1) is 15.2. The Kier molecular flexibility index (Phi) is 5.76. The van der Waals surface area contributed by atoms with Crippen LogP contribution in [0.5, 0.6) is 0 Å². The molecule has 1 aromatic heterocycles. The fourth-order valence-electron chi connectivity index (χ4n) is 2.58. The minimum absolute atomic E-state index is 0.110. The van der Waals surface area contributed by atoms with Gasteiger partial charge in [-0.05, 0) is 30.8 Å². The zero-order valence-corrected chi connectivity index (χ0v) is 12.5. The van der Waals surface area contributed by atoms with Gasteiger partial charge in [-0.3, -0.25) is 9.69 Å². The van der Waals surface area contributed by atoms with Crippen molar-refractivity contribution in [1.29, 1.82) is 0 Å². The Labute approximate surface area is 124 Å². The van der Waals surface area contributed by atoms with Gasteiger partial charge in [0.1, 0.15) is 0 Å². The lowest BCUT2D eigenvalue weighted by Gasteiger charge is -2.26. The summed E-state index contributed by atoms with van der Waals surface area (Å²) in [7, 11) is 0. The number of hydrogen-bond donors (Lipinski definition) is 1. The number of carbonyl (C=O) groups excluding carboxylic acids is 1. The molecule has 110 valence electrons. The third kappa shape index (κ3) is 3.91. The molecule has 1 aromatic rings. The number of carbonyl (C=O) groups is 1. The van der Waals surface area contributed by atoms with E-state index in [1.54, 1.807) is 17.4 Å². The molecule has 0 radical (unpaired) electrons. The number of nitrogens with zero attached hydrogens (tertiary/aromatic N) is 2. The van der Waals surface area contributed by atoms with Crippen molar-refractivity contribution in [2.24, 2.45) is 0 Å². The van der Waals surface area contributed by atoms with Crippen LogP contribution in [0, 0.1) is 0 Å². The van der Waals surface area contributed by atoms with Crippen LogP contribution in [0.4, 0.5) is 0 Å². The Bertz CT molecular complexity index is 433. The summed E-state index contributed by atoms with van der Waals surface area (Å²) in [6.07, 6.45) is 3.81. The average Bonchev–Trinajstić information content (AvgIpc) is 3.09. The van der Waals surface area contributed by atoms with Gasteiger partial charge in [0.2, 0.25) is 5.91 Å². The van der Waals surface area contributed by atoms with E-state index in [0.29, 0.717) is 19.6 Å². The zero-order chi connectivity index (χ0) is 14.4. The number of hydrogen-bond acceptors (Lipinski definition) is 4. The molecule has 0 spiro atoms. The summed E-state index contributed by atoms with van der Waals surface area (Å²) in [6.45, 7) is 6.37. The topological polar surface area (TPSA) is 43.8 Å². The van der Waals surface area contributed by atoms with Gasteiger partial charge in [0.25, 0.3) is 0 Å². The van der Waals surface area contributed by atoms with Crippen LogP contribution in [0.25, 0.3) is 0 Å². The maximum absolute atomic E-state index is 12.4. The quantitative estimate of drug-likeness (QED) is 0.779. The molecule has 0 aromatic carbocycles. The minimum Gasteiger partial charge on any atom is -0.395 e. The van der Waals surface area contributed by atoms with E-state index < -0.39 is 0 Å². The van der Waals surface area contributed by atoms with Crippen LogP contribution in [0.1, 0.15) is 17.7 Å². The van der Waals surface area contributed by atoms with Crippen LogP contribution in [-0.2, 0) is 11.3 Å². The van der Waals surface area contributed by atoms with Crippen molar-refractivity contribution in [1.82, 2.24) is 9.80 Å². The molecule has 2 heterocycles. The van der Waals surface area contributed by atoms with E-state index in [2.05, 4.69) is 11.5 Å². The Morgan fingerprint density at radius 2 is 2.50 bits per heavy atom. The third-order valence-electron chi connectivity index (χ3n) is 3.68. The van der Waals surface area contributed by atoms with E-state index in [-0.39, 0.29) is 18.6 Å². The van der Waals surface area contributed by atoms with Crippen molar-refractivity contribution < 1.29 is 9.90 Å². The van der Waals surface area contributed by atoms with Gasteiger partial charge in [0.05, 0.1) is 19.7 Å². The van der Waals surface area contributed by atoms with Crippen molar-refractivity contribution in [3.63, 3.8) is 0 Å². The number of amides is 1. The summed E-state index contributed by atoms with van der Waals surface area (Å²) in [5, 5.41) is 11.3. The number of rotatable bonds is 7. The predicted molar refractivity (Wildman–Crippen MR) is 81.6 cm³/mol. The zero-order valence-electron chi connectivity index (χ0n) is 11.7. The smallest absolute Gasteiger partial charge is 0.237 e. The Balaban J connectivity index is 1.94. The van der Waals surface area contributed by atoms with Crippen LogP contribution >= 0.6 is 11.3 Å². The second-order valence-electron chi connectivity index (χ2n) is 5.09. The maximum atomic E-state index is 12.4. The highest BCUT2D eigenvalue weighted by molar-refractivity contribution is 7.09. The van der Waals surface area contributed by atoms with Crippen molar-refractivity contribution in [2.45, 2.75) is 25.4 Å². The molecule has 4 nitrogen and oxygen atoms in total. The highest BCUT2D eigenvalue weighted by atomic mass is 32.1. The molecular formula is C15H22N2O2S. The van der Waals surface area contributed by atoms with Gasteiger partial charge in [-0.1, -0.05) is 12.1 Å². The van der Waals surface area contributed by atoms with Gasteiger partial charge in [-0.25, -0.2) is 0 Å². The average molecular weight is 294 g/mol. The Hall–Kier alpha value is -1.17. The first-order chi connectivity index (χ1) is 9.74. The fraction of sp³-hybridized carbons (Fsp3) is 0.533. The molecule has 1 N–H and O–H groups in total. The number of likely N-dealkylation sites (tertiary alicyclic amines) is 1. The summed E-state index contributed by atoms with van der Waals surface area (Å²) in [6, 6.07) is 4.19. The monoisotopic (exact) mass is 294 g/mol. The van der Waals surface area contributed by atoms with Crippen molar-refractivity contribution >= 4 is 17.2 Å². The molecule has 1 aliphatic rings. The second-order valence-corrected chi connectivity index (χ2v) is 6.12. The molecule has 2 rings (SSSR count). The SMILES string of the molecule is C=CCN(Cc1cccs1)C(=O)CN1CCCC1CO. The maximum Gasteiger partial charge on any atom is 0.237 e. The minimum atomic E-state index is 0.110. The highest BCUT2D eigenvalue weighted by Crippen LogP contribution is 2.17. The molecule has 1 fully saturated rings. The van der Waals surface area contributed by atoms with E-state index in [9.17, 15) is 9.90 Å². The summed E-state index contributed by atoms with van der Waals surface area (Å²) < 4.78 is 0. The van der Waals surface area contributed by atoms with Gasteiger partial charge in [-0.2, -0.15) is 0 Å². The van der Waals surface area contributed by atoms with E-state index >= 15 is 0 Å². The van der Waals surface area contributed by atoms with Gasteiger partial charge in [0.15, 0.2) is 0 Å². The van der Waals surface area contributed by atoms with Crippen molar-refractivity contribution in [3.8, 4) is 0 Å². The standard InChI is InChI=1S/C15H22N2O2S/c1-2-7-17(10-14-6-4-9-20-14)15(19)11-16-8-3-5-13(16)12-18/h2,4,6,9,13,18H,1,3,5,7-8,10-12H2. The van der Waals surface area contributed by atoms with E-state index in [1.165, 1.54) is 4.88 Å². The Morgan fingerprint density at radius 1 is 1.65 bits per heavy atom. The van der Waals surface area contributed by atoms with E-state index in [0.717, 1.165) is 19.4 Å². The molecule has 1 aliphatic heterocycles. The third-order valence-corrected chi connectivity index (χ3v) is 4.54. The molecular weight excluding hydrogens is 272 g/mol. The number of aliphatic hydroxyl groups excluding tert-OH is 1. The predicted octanol–water partition coefficient (Wildman–Crippen LogP) is 1.72. The molecule has 0 bridgehead atoms. The van der Waals surface area contributed by atoms with Gasteiger partial charge in [0, 0.05) is 17.5 Å². The van der Waals surface area contributed by atoms with Crippen molar-refractivity contribution in [2.75, 3.05) is 26.2 Å². The summed E-state index contributed by atoms with van der Waals surface area (Å²) in [5.74, 6) is 0.110. The molecule has 5 heteroatoms. The van der Waals surface area contributed by atoms with Crippen LogP contribution in [-0.4, -0.2) is 53.1 Å². The number of thiophene rings is 1. The summed E-state index contributed by atoms with van der Waals surface area (Å²) >= 11 is 1.66. The number of aliphatic hydroxyl groups is 1. The molecule has 1 atom stereocenters. The molecule has 0 aliphatic carbocycles. The van der Waals surface area contributed by atoms with Crippen LogP contribution < -0.4 is 0 Å². The molecule has 20 heavy (non-hydrogen) atoms. The summed E-state index contributed by atoms with van der Waals surface area (Å²) in [5.41, 5.74) is 0. The van der Waals surface area contributed by atoms with Gasteiger partial charge in [-0.15, -0.1) is 17.9 Å². The summed E-state index contributed by atoms with van der Waals surface area (Å²) in [4.78, 5) is 17.5. The first-order valence-corrected chi connectivity index (χ1v) is 7.88. The van der Waals surface area contributed by atoms with Crippen LogP contribution in [0.2, 0.25) is 0 Å². The normalized spacial score (nSPS) is 19.1. The van der Waals surface area contributed by atoms with Crippen LogP contribution in [0.15, 0.2) is 30.2 Å². The van der Waals surface area contributed by atoms with Crippen LogP contribution in [0.3, 0.4) is 0 Å². The second kappa shape index (κ2) is 7.57. The molecule has 1 saturated heterocycles. The lowest BCUT2D eigenvalue weighted by Crippen LogP contribution is -2.43. The molecule has 1 unspecified atom stereocenters. The first-order valence-electron chi connectivity index (χ1n) is 7.00. The Morgan fingerprint density at radius 3 is 3.15 bits per heavy atom. The molecule has 0 saturated carbocycles. The lowest BCUT2D eigenvalue weighted by atomic mass is 10.2. The van der Waals surface area contributed by atoms with E-state index in [4.69, 9.17) is 0 Å². The van der Waals surface area contributed by atoms with Crippen molar-refractivity contribution in [3.05, 3.63) is 35.0 Å². The van der Waals surface area contributed by atoms with Gasteiger partial charge >= 0.3 is 0 Å². The lowest BCUT2D eigenvalue weighted by molar-refractivity contribution is -0.132. The van der Waals surface area contributed by atoms with E-state index in [1.807, 2.05) is 22.4 Å². The largest absolute Gasteiger partial charge is 0.395 e. The fourth-order valence-corrected chi connectivity index (χ4v) is 3.30.